The van der Waals surface area contributed by atoms with Crippen LogP contribution in [0.2, 0.25) is 0 Å². The zero-order chi connectivity index (χ0) is 17.8. The van der Waals surface area contributed by atoms with Gasteiger partial charge in [0.2, 0.25) is 0 Å². The van der Waals surface area contributed by atoms with Crippen LogP contribution in [0.5, 0.6) is 0 Å². The Morgan fingerprint density at radius 3 is 2.60 bits per heavy atom. The number of para-hydroxylation sites is 1. The number of H-pyrrole nitrogens is 1. The monoisotopic (exact) mass is 398 g/mol. The third kappa shape index (κ3) is 3.68. The number of halogens is 1. The highest BCUT2D eigenvalue weighted by Crippen LogP contribution is 2.38. The van der Waals surface area contributed by atoms with Crippen molar-refractivity contribution in [2.24, 2.45) is 5.73 Å². The van der Waals surface area contributed by atoms with Crippen LogP contribution in [0.4, 0.5) is 0 Å². The molecule has 0 fully saturated rings. The average molecular weight is 399 g/mol. The first-order valence-electron chi connectivity index (χ1n) is 9.25. The Labute approximate surface area is 159 Å². The molecule has 0 aliphatic rings. The average Bonchev–Trinajstić information content (AvgIpc) is 3.00. The molecule has 1 atom stereocenters. The van der Waals surface area contributed by atoms with Gasteiger partial charge in [0.05, 0.1) is 5.69 Å². The molecule has 3 heteroatoms. The second-order valence-electron chi connectivity index (χ2n) is 6.78. The largest absolute Gasteiger partial charge is 0.354 e. The summed E-state index contributed by atoms with van der Waals surface area (Å²) in [6.45, 7) is 5.32. The molecule has 1 aromatic heterocycles. The van der Waals surface area contributed by atoms with Crippen molar-refractivity contribution in [3.63, 3.8) is 0 Å². The van der Waals surface area contributed by atoms with Gasteiger partial charge in [-0.2, -0.15) is 0 Å². The number of fused-ring (bicyclic) bond motifs is 1. The van der Waals surface area contributed by atoms with E-state index in [9.17, 15) is 0 Å². The minimum atomic E-state index is 0.548. The normalized spacial score (nSPS) is 12.6. The van der Waals surface area contributed by atoms with Crippen molar-refractivity contribution >= 4 is 26.8 Å². The molecule has 3 aromatic rings. The van der Waals surface area contributed by atoms with E-state index >= 15 is 0 Å². The maximum Gasteiger partial charge on any atom is 0.0508 e. The van der Waals surface area contributed by atoms with Gasteiger partial charge in [-0.15, -0.1) is 0 Å². The summed E-state index contributed by atoms with van der Waals surface area (Å²) in [6.07, 6.45) is 4.38. The molecule has 3 N–H and O–H groups in total. The molecule has 0 amide bonds. The number of aryl methyl sites for hydroxylation is 1. The van der Waals surface area contributed by atoms with E-state index in [-0.39, 0.29) is 0 Å². The molecule has 2 nitrogen and oxygen atoms in total. The lowest BCUT2D eigenvalue weighted by atomic mass is 9.94. The van der Waals surface area contributed by atoms with E-state index < -0.39 is 0 Å². The molecule has 1 heterocycles. The number of nitrogens with two attached hydrogens (primary N) is 1. The lowest BCUT2D eigenvalue weighted by Crippen LogP contribution is -1.99. The highest BCUT2D eigenvalue weighted by molar-refractivity contribution is 9.10. The number of hydrogen-bond acceptors (Lipinski definition) is 1. The molecule has 0 saturated heterocycles. The molecule has 0 aliphatic carbocycles. The summed E-state index contributed by atoms with van der Waals surface area (Å²) in [4.78, 5) is 3.77. The predicted molar refractivity (Wildman–Crippen MR) is 112 cm³/mol. The molecule has 0 bridgehead atoms. The van der Waals surface area contributed by atoms with Crippen LogP contribution in [0.15, 0.2) is 46.9 Å². The maximum absolute atomic E-state index is 5.72. The molecular formula is C22H27BrN2. The maximum atomic E-state index is 5.72. The van der Waals surface area contributed by atoms with E-state index in [2.05, 4.69) is 77.2 Å². The number of hydrogen-bond donors (Lipinski definition) is 2. The van der Waals surface area contributed by atoms with Crippen molar-refractivity contribution in [1.82, 2.24) is 4.98 Å². The van der Waals surface area contributed by atoms with Gasteiger partial charge in [-0.1, -0.05) is 66.2 Å². The molecular weight excluding hydrogens is 372 g/mol. The van der Waals surface area contributed by atoms with Crippen LogP contribution in [-0.4, -0.2) is 11.5 Å². The summed E-state index contributed by atoms with van der Waals surface area (Å²) in [7, 11) is 0. The van der Waals surface area contributed by atoms with E-state index in [0.29, 0.717) is 5.92 Å². The van der Waals surface area contributed by atoms with Crippen molar-refractivity contribution < 1.29 is 0 Å². The first-order valence-corrected chi connectivity index (χ1v) is 10.0. The van der Waals surface area contributed by atoms with Crippen molar-refractivity contribution in [3.05, 3.63) is 58.1 Å². The molecule has 3 rings (SSSR count). The summed E-state index contributed by atoms with van der Waals surface area (Å²) >= 11 is 3.73. The van der Waals surface area contributed by atoms with Crippen LogP contribution < -0.4 is 5.73 Å². The van der Waals surface area contributed by atoms with Gasteiger partial charge in [0, 0.05) is 20.9 Å². The van der Waals surface area contributed by atoms with E-state index in [1.165, 1.54) is 33.3 Å². The predicted octanol–water partition coefficient (Wildman–Crippen LogP) is 6.39. The zero-order valence-corrected chi connectivity index (χ0v) is 16.7. The number of aromatic nitrogens is 1. The first kappa shape index (κ1) is 18.2. The Morgan fingerprint density at radius 2 is 1.88 bits per heavy atom. The minimum Gasteiger partial charge on any atom is -0.354 e. The number of unbranched alkanes of at least 4 members (excludes halogenated alkanes) is 1. The minimum absolute atomic E-state index is 0.548. The molecule has 1 unspecified atom stereocenters. The van der Waals surface area contributed by atoms with Gasteiger partial charge in [0.25, 0.3) is 0 Å². The van der Waals surface area contributed by atoms with Crippen molar-refractivity contribution in [2.75, 3.05) is 6.54 Å². The summed E-state index contributed by atoms with van der Waals surface area (Å²) in [5, 5.41) is 1.36. The van der Waals surface area contributed by atoms with Crippen LogP contribution in [0, 0.1) is 0 Å². The summed E-state index contributed by atoms with van der Waals surface area (Å²) in [5.74, 6) is 0.548. The fourth-order valence-electron chi connectivity index (χ4n) is 3.53. The summed E-state index contributed by atoms with van der Waals surface area (Å²) in [5.41, 5.74) is 12.3. The second-order valence-corrected chi connectivity index (χ2v) is 7.64. The molecule has 0 saturated carbocycles. The molecule has 132 valence electrons. The van der Waals surface area contributed by atoms with Crippen LogP contribution in [0.1, 0.15) is 50.2 Å². The molecule has 0 aliphatic heterocycles. The number of benzene rings is 2. The quantitative estimate of drug-likeness (QED) is 0.444. The Kier molecular flexibility index (Phi) is 5.98. The number of rotatable bonds is 7. The van der Waals surface area contributed by atoms with E-state index in [1.807, 2.05) is 0 Å². The molecule has 0 radical (unpaired) electrons. The Hall–Kier alpha value is -1.58. The van der Waals surface area contributed by atoms with E-state index in [1.54, 1.807) is 0 Å². The lowest BCUT2D eigenvalue weighted by Gasteiger charge is -2.10. The highest BCUT2D eigenvalue weighted by Gasteiger charge is 2.18. The smallest absolute Gasteiger partial charge is 0.0508 e. The SMILES string of the molecule is CCC(C)c1cccc2c(CCCCN)c(-c3ccccc3Br)[nH]c12. The van der Waals surface area contributed by atoms with Crippen molar-refractivity contribution in [1.29, 1.82) is 0 Å². The molecule has 25 heavy (non-hydrogen) atoms. The van der Waals surface area contributed by atoms with Gasteiger partial charge >= 0.3 is 0 Å². The topological polar surface area (TPSA) is 41.8 Å². The zero-order valence-electron chi connectivity index (χ0n) is 15.1. The molecule has 2 aromatic carbocycles. The van der Waals surface area contributed by atoms with Crippen LogP contribution in [0.3, 0.4) is 0 Å². The highest BCUT2D eigenvalue weighted by atomic mass is 79.9. The van der Waals surface area contributed by atoms with Crippen LogP contribution >= 0.6 is 15.9 Å². The third-order valence-electron chi connectivity index (χ3n) is 5.14. The van der Waals surface area contributed by atoms with Gasteiger partial charge in [0.15, 0.2) is 0 Å². The standard InChI is InChI=1S/C22H27BrN2/c1-3-15(2)16-11-8-12-18-17(9-6-7-14-24)22(25-21(16)18)19-10-4-5-13-20(19)23/h4-5,8,10-13,15,25H,3,6-7,9,14,24H2,1-2H3. The fourth-order valence-corrected chi connectivity index (χ4v) is 4.01. The van der Waals surface area contributed by atoms with Gasteiger partial charge < -0.3 is 10.7 Å². The molecule has 0 spiro atoms. The summed E-state index contributed by atoms with van der Waals surface area (Å²) < 4.78 is 1.13. The second kappa shape index (κ2) is 8.20. The van der Waals surface area contributed by atoms with Gasteiger partial charge in [0.1, 0.15) is 0 Å². The van der Waals surface area contributed by atoms with Crippen LogP contribution in [-0.2, 0) is 6.42 Å². The number of nitrogens with one attached hydrogen (secondary N) is 1. The summed E-state index contributed by atoms with van der Waals surface area (Å²) in [6, 6.07) is 15.2. The van der Waals surface area contributed by atoms with E-state index in [0.717, 1.165) is 36.7 Å². The Morgan fingerprint density at radius 1 is 1.08 bits per heavy atom. The van der Waals surface area contributed by atoms with Crippen LogP contribution in [0.25, 0.3) is 22.2 Å². The van der Waals surface area contributed by atoms with Gasteiger partial charge in [-0.3, -0.25) is 0 Å². The number of aromatic amines is 1. The van der Waals surface area contributed by atoms with Gasteiger partial charge in [-0.05, 0) is 55.3 Å². The fraction of sp³-hybridized carbons (Fsp3) is 0.364. The van der Waals surface area contributed by atoms with Crippen molar-refractivity contribution in [2.45, 2.75) is 45.4 Å². The van der Waals surface area contributed by atoms with Gasteiger partial charge in [-0.25, -0.2) is 0 Å². The Balaban J connectivity index is 2.20. The first-order chi connectivity index (χ1) is 12.2. The van der Waals surface area contributed by atoms with Crippen molar-refractivity contribution in [3.8, 4) is 11.3 Å². The van der Waals surface area contributed by atoms with E-state index in [4.69, 9.17) is 5.73 Å². The lowest BCUT2D eigenvalue weighted by molar-refractivity contribution is 0.738. The Bertz CT molecular complexity index is 850. The third-order valence-corrected chi connectivity index (χ3v) is 5.83.